The van der Waals surface area contributed by atoms with Crippen LogP contribution < -0.4 is 16.0 Å². The molecule has 0 atom stereocenters. The number of amides is 3. The number of rotatable bonds is 4. The molecule has 6 nitrogen and oxygen atoms in total. The molecule has 1 aromatic heterocycles. The number of thiazole rings is 1. The van der Waals surface area contributed by atoms with Crippen molar-refractivity contribution >= 4 is 44.3 Å². The van der Waals surface area contributed by atoms with Crippen LogP contribution >= 0.6 is 11.3 Å². The minimum absolute atomic E-state index is 0.152. The summed E-state index contributed by atoms with van der Waals surface area (Å²) in [7, 11) is 0. The van der Waals surface area contributed by atoms with Gasteiger partial charge in [0.05, 0.1) is 10.2 Å². The minimum Gasteiger partial charge on any atom is -0.338 e. The topological polar surface area (TPSA) is 83.1 Å². The summed E-state index contributed by atoms with van der Waals surface area (Å²) in [5.41, 5.74) is 1.41. The van der Waals surface area contributed by atoms with Crippen LogP contribution in [0.1, 0.15) is 20.8 Å². The average molecular weight is 306 g/mol. The van der Waals surface area contributed by atoms with Gasteiger partial charge in [0.25, 0.3) is 0 Å². The van der Waals surface area contributed by atoms with Crippen molar-refractivity contribution in [1.82, 2.24) is 10.3 Å². The molecule has 0 aliphatic rings. The van der Waals surface area contributed by atoms with E-state index in [0.29, 0.717) is 23.3 Å². The van der Waals surface area contributed by atoms with Gasteiger partial charge >= 0.3 is 6.03 Å². The molecule has 1 heterocycles. The lowest BCUT2D eigenvalue weighted by atomic mass is 10.2. The zero-order chi connectivity index (χ0) is 15.4. The molecule has 21 heavy (non-hydrogen) atoms. The summed E-state index contributed by atoms with van der Waals surface area (Å²) in [5.74, 6) is 0.248. The number of fused-ring (bicyclic) bond motifs is 1. The lowest BCUT2D eigenvalue weighted by Crippen LogP contribution is -2.31. The molecule has 0 saturated carbocycles. The first-order valence-corrected chi connectivity index (χ1v) is 7.48. The molecule has 0 fully saturated rings. The van der Waals surface area contributed by atoms with Crippen molar-refractivity contribution in [3.05, 3.63) is 18.2 Å². The monoisotopic (exact) mass is 306 g/mol. The maximum Gasteiger partial charge on any atom is 0.319 e. The molecule has 0 bridgehead atoms. The molecule has 2 aromatic rings. The fourth-order valence-corrected chi connectivity index (χ4v) is 2.57. The maximum absolute atomic E-state index is 11.7. The molecule has 112 valence electrons. The van der Waals surface area contributed by atoms with Crippen molar-refractivity contribution in [2.75, 3.05) is 17.2 Å². The highest BCUT2D eigenvalue weighted by molar-refractivity contribution is 7.22. The number of anilines is 2. The Morgan fingerprint density at radius 1 is 1.29 bits per heavy atom. The number of carbonyl (C=O) groups is 2. The van der Waals surface area contributed by atoms with Crippen molar-refractivity contribution in [3.63, 3.8) is 0 Å². The molecule has 0 aliphatic carbocycles. The third kappa shape index (κ3) is 4.42. The van der Waals surface area contributed by atoms with E-state index in [-0.39, 0.29) is 11.9 Å². The fraction of sp³-hybridized carbons (Fsp3) is 0.357. The van der Waals surface area contributed by atoms with E-state index in [1.54, 1.807) is 6.07 Å². The third-order valence-electron chi connectivity index (χ3n) is 2.60. The molecule has 0 unspecified atom stereocenters. The van der Waals surface area contributed by atoms with Crippen molar-refractivity contribution in [1.29, 1.82) is 0 Å². The second-order valence-electron chi connectivity index (χ2n) is 5.11. The van der Waals surface area contributed by atoms with E-state index in [4.69, 9.17) is 0 Å². The fourth-order valence-electron chi connectivity index (χ4n) is 1.68. The van der Waals surface area contributed by atoms with E-state index in [2.05, 4.69) is 20.9 Å². The zero-order valence-corrected chi connectivity index (χ0v) is 13.0. The quantitative estimate of drug-likeness (QED) is 0.812. The highest BCUT2D eigenvalue weighted by atomic mass is 32.1. The molecule has 1 aromatic carbocycles. The van der Waals surface area contributed by atoms with Gasteiger partial charge in [-0.05, 0) is 24.1 Å². The molecular formula is C14H18N4O2S. The van der Waals surface area contributed by atoms with E-state index >= 15 is 0 Å². The van der Waals surface area contributed by atoms with E-state index in [0.717, 1.165) is 10.2 Å². The Kier molecular flexibility index (Phi) is 4.74. The van der Waals surface area contributed by atoms with Gasteiger partial charge in [0.15, 0.2) is 5.13 Å². The Morgan fingerprint density at radius 3 is 2.71 bits per heavy atom. The maximum atomic E-state index is 11.7. The summed E-state index contributed by atoms with van der Waals surface area (Å²) in [6.45, 7) is 6.13. The van der Waals surface area contributed by atoms with Gasteiger partial charge < -0.3 is 16.0 Å². The van der Waals surface area contributed by atoms with Gasteiger partial charge in [-0.25, -0.2) is 9.78 Å². The molecule has 0 radical (unpaired) electrons. The normalized spacial score (nSPS) is 10.7. The van der Waals surface area contributed by atoms with Gasteiger partial charge in [-0.2, -0.15) is 0 Å². The lowest BCUT2D eigenvalue weighted by molar-refractivity contribution is -0.114. The van der Waals surface area contributed by atoms with Gasteiger partial charge in [0, 0.05) is 19.2 Å². The standard InChI is InChI=1S/C14H18N4O2S/c1-8(2)7-15-13(20)17-10-4-5-12-11(6-10)18-14(21-12)16-9(3)19/h4-6,8H,7H2,1-3H3,(H2,15,17,20)(H,16,18,19). The van der Waals surface area contributed by atoms with Crippen LogP contribution in [0.4, 0.5) is 15.6 Å². The summed E-state index contributed by atoms with van der Waals surface area (Å²) in [4.78, 5) is 27.0. The summed E-state index contributed by atoms with van der Waals surface area (Å²) < 4.78 is 0.951. The molecule has 0 saturated heterocycles. The molecule has 3 amide bonds. The predicted molar refractivity (Wildman–Crippen MR) is 85.8 cm³/mol. The summed E-state index contributed by atoms with van der Waals surface area (Å²) >= 11 is 1.40. The van der Waals surface area contributed by atoms with Crippen molar-refractivity contribution < 1.29 is 9.59 Å². The SMILES string of the molecule is CC(=O)Nc1nc2cc(NC(=O)NCC(C)C)ccc2s1. The van der Waals surface area contributed by atoms with Crippen LogP contribution in [0.25, 0.3) is 10.2 Å². The number of aromatic nitrogens is 1. The Morgan fingerprint density at radius 2 is 2.05 bits per heavy atom. The predicted octanol–water partition coefficient (Wildman–Crippen LogP) is 3.03. The van der Waals surface area contributed by atoms with Crippen LogP contribution in [0, 0.1) is 5.92 Å². The minimum atomic E-state index is -0.236. The number of carbonyl (C=O) groups excluding carboxylic acids is 2. The van der Waals surface area contributed by atoms with Crippen molar-refractivity contribution in [2.45, 2.75) is 20.8 Å². The van der Waals surface area contributed by atoms with Crippen LogP contribution in [0.2, 0.25) is 0 Å². The molecule has 7 heteroatoms. The van der Waals surface area contributed by atoms with Crippen molar-refractivity contribution in [3.8, 4) is 0 Å². The van der Waals surface area contributed by atoms with Crippen LogP contribution in [0.15, 0.2) is 18.2 Å². The lowest BCUT2D eigenvalue weighted by Gasteiger charge is -2.09. The molecule has 0 aliphatic heterocycles. The molecule has 3 N–H and O–H groups in total. The Bertz CT molecular complexity index is 666. The number of urea groups is 1. The number of nitrogens with zero attached hydrogens (tertiary/aromatic N) is 1. The second kappa shape index (κ2) is 6.53. The number of hydrogen-bond donors (Lipinski definition) is 3. The van der Waals surface area contributed by atoms with E-state index in [9.17, 15) is 9.59 Å². The van der Waals surface area contributed by atoms with Crippen LogP contribution in [-0.4, -0.2) is 23.5 Å². The number of hydrogen-bond acceptors (Lipinski definition) is 4. The summed E-state index contributed by atoms with van der Waals surface area (Å²) in [5, 5.41) is 8.76. The number of nitrogens with one attached hydrogen (secondary N) is 3. The second-order valence-corrected chi connectivity index (χ2v) is 6.14. The van der Waals surface area contributed by atoms with E-state index in [1.807, 2.05) is 26.0 Å². The van der Waals surface area contributed by atoms with Crippen LogP contribution in [-0.2, 0) is 4.79 Å². The van der Waals surface area contributed by atoms with Gasteiger partial charge in [0.2, 0.25) is 5.91 Å². The largest absolute Gasteiger partial charge is 0.338 e. The van der Waals surface area contributed by atoms with Gasteiger partial charge in [0.1, 0.15) is 0 Å². The Hall–Kier alpha value is -2.15. The Balaban J connectivity index is 2.07. The van der Waals surface area contributed by atoms with Crippen molar-refractivity contribution in [2.24, 2.45) is 5.92 Å². The van der Waals surface area contributed by atoms with Gasteiger partial charge in [-0.1, -0.05) is 25.2 Å². The first-order chi connectivity index (χ1) is 9.94. The first-order valence-electron chi connectivity index (χ1n) is 6.67. The smallest absolute Gasteiger partial charge is 0.319 e. The van der Waals surface area contributed by atoms with Crippen LogP contribution in [0.5, 0.6) is 0 Å². The molecular weight excluding hydrogens is 288 g/mol. The zero-order valence-electron chi connectivity index (χ0n) is 12.2. The highest BCUT2D eigenvalue weighted by Crippen LogP contribution is 2.28. The molecule has 0 spiro atoms. The van der Waals surface area contributed by atoms with Gasteiger partial charge in [-0.3, -0.25) is 4.79 Å². The summed E-state index contributed by atoms with van der Waals surface area (Å²) in [6.07, 6.45) is 0. The van der Waals surface area contributed by atoms with E-state index in [1.165, 1.54) is 18.3 Å². The Labute approximate surface area is 127 Å². The third-order valence-corrected chi connectivity index (χ3v) is 3.55. The highest BCUT2D eigenvalue weighted by Gasteiger charge is 2.07. The van der Waals surface area contributed by atoms with E-state index < -0.39 is 0 Å². The summed E-state index contributed by atoms with van der Waals surface area (Å²) in [6, 6.07) is 5.23. The van der Waals surface area contributed by atoms with Crippen LogP contribution in [0.3, 0.4) is 0 Å². The average Bonchev–Trinajstić information content (AvgIpc) is 2.76. The molecule has 2 rings (SSSR count). The van der Waals surface area contributed by atoms with Gasteiger partial charge in [-0.15, -0.1) is 0 Å². The first kappa shape index (κ1) is 15.2. The number of benzene rings is 1.